The maximum Gasteiger partial charge on any atom is 0.220 e. The summed E-state index contributed by atoms with van der Waals surface area (Å²) in [4.78, 5) is 12.3. The Hall–Kier alpha value is -0.650. The van der Waals surface area contributed by atoms with Crippen LogP contribution in [0, 0.1) is 0 Å². The molecule has 0 aromatic heterocycles. The van der Waals surface area contributed by atoms with Crippen molar-refractivity contribution in [2.75, 3.05) is 6.61 Å². The van der Waals surface area contributed by atoms with E-state index in [0.29, 0.717) is 12.8 Å². The van der Waals surface area contributed by atoms with Crippen molar-refractivity contribution in [1.82, 2.24) is 5.32 Å². The summed E-state index contributed by atoms with van der Waals surface area (Å²) in [7, 11) is 0. The van der Waals surface area contributed by atoms with Crippen LogP contribution in [0.15, 0.2) is 0 Å². The minimum absolute atomic E-state index is 0.145. The molecule has 1 amide bonds. The van der Waals surface area contributed by atoms with E-state index in [9.17, 15) is 20.1 Å². The van der Waals surface area contributed by atoms with Gasteiger partial charge >= 0.3 is 0 Å². The summed E-state index contributed by atoms with van der Waals surface area (Å²) in [5, 5.41) is 33.2. The molecule has 0 aliphatic heterocycles. The van der Waals surface area contributed by atoms with Crippen molar-refractivity contribution < 1.29 is 20.1 Å². The smallest absolute Gasteiger partial charge is 0.220 e. The van der Waals surface area contributed by atoms with Crippen molar-refractivity contribution in [3.63, 3.8) is 0 Å². The molecule has 0 aliphatic carbocycles. The van der Waals surface area contributed by atoms with Crippen LogP contribution in [-0.4, -0.2) is 46.1 Å². The van der Waals surface area contributed by atoms with Crippen molar-refractivity contribution in [3.8, 4) is 0 Å². The third-order valence-corrected chi connectivity index (χ3v) is 8.21. The normalized spacial score (nSPS) is 13.9. The largest absolute Gasteiger partial charge is 0.394 e. The zero-order valence-electron chi connectivity index (χ0n) is 26.3. The summed E-state index contributed by atoms with van der Waals surface area (Å²) >= 11 is 0. The van der Waals surface area contributed by atoms with Crippen LogP contribution >= 0.6 is 0 Å². The molecule has 4 N–H and O–H groups in total. The van der Waals surface area contributed by atoms with E-state index in [1.165, 1.54) is 122 Å². The highest BCUT2D eigenvalue weighted by Gasteiger charge is 2.26. The second-order valence-corrected chi connectivity index (χ2v) is 12.1. The van der Waals surface area contributed by atoms with Gasteiger partial charge in [-0.25, -0.2) is 0 Å². The van der Waals surface area contributed by atoms with Crippen molar-refractivity contribution in [1.29, 1.82) is 0 Å². The number of carbonyl (C=O) groups is 1. The number of aliphatic hydroxyl groups is 3. The second-order valence-electron chi connectivity index (χ2n) is 12.1. The predicted octanol–water partition coefficient (Wildman–Crippen LogP) is 8.76. The zero-order chi connectivity index (χ0) is 28.8. The Morgan fingerprint density at radius 2 is 0.872 bits per heavy atom. The summed E-state index contributed by atoms with van der Waals surface area (Å²) in [6.45, 7) is 4.15. The van der Waals surface area contributed by atoms with Crippen LogP contribution in [0.25, 0.3) is 0 Å². The van der Waals surface area contributed by atoms with E-state index in [2.05, 4.69) is 19.2 Å². The van der Waals surface area contributed by atoms with Gasteiger partial charge in [0.2, 0.25) is 5.91 Å². The van der Waals surface area contributed by atoms with Crippen LogP contribution in [-0.2, 0) is 4.79 Å². The summed E-state index contributed by atoms with van der Waals surface area (Å²) in [5.74, 6) is -0.145. The number of amides is 1. The molecule has 0 radical (unpaired) electrons. The third kappa shape index (κ3) is 26.0. The number of hydrogen-bond acceptors (Lipinski definition) is 4. The van der Waals surface area contributed by atoms with Gasteiger partial charge in [-0.05, 0) is 12.8 Å². The molecule has 234 valence electrons. The van der Waals surface area contributed by atoms with E-state index in [-0.39, 0.29) is 12.5 Å². The van der Waals surface area contributed by atoms with Gasteiger partial charge in [0, 0.05) is 6.42 Å². The molecule has 0 aromatic rings. The summed E-state index contributed by atoms with van der Waals surface area (Å²) in [6, 6.07) is -0.799. The number of hydrogen-bond donors (Lipinski definition) is 4. The average Bonchev–Trinajstić information content (AvgIpc) is 2.94. The van der Waals surface area contributed by atoms with Crippen LogP contribution in [0.4, 0.5) is 0 Å². The molecule has 0 aromatic carbocycles. The minimum atomic E-state index is -1.13. The molecular formula is C34H69NO4. The first-order valence-electron chi connectivity index (χ1n) is 17.3. The SMILES string of the molecule is CCCCCCCCCCCCCCCC(=O)N[C@@H](CO)C(O)[C@H](O)CCCCCCCCCCCCCC. The predicted molar refractivity (Wildman–Crippen MR) is 167 cm³/mol. The number of rotatable bonds is 31. The van der Waals surface area contributed by atoms with Gasteiger partial charge in [-0.2, -0.15) is 0 Å². The fourth-order valence-corrected chi connectivity index (χ4v) is 5.45. The molecule has 1 unspecified atom stereocenters. The van der Waals surface area contributed by atoms with Gasteiger partial charge in [0.25, 0.3) is 0 Å². The first-order valence-corrected chi connectivity index (χ1v) is 17.3. The van der Waals surface area contributed by atoms with Gasteiger partial charge in [0.1, 0.15) is 6.10 Å². The van der Waals surface area contributed by atoms with E-state index in [4.69, 9.17) is 0 Å². The summed E-state index contributed by atoms with van der Waals surface area (Å²) in [5.41, 5.74) is 0. The Morgan fingerprint density at radius 3 is 1.23 bits per heavy atom. The molecule has 0 fully saturated rings. The lowest BCUT2D eigenvalue weighted by Crippen LogP contribution is -2.50. The van der Waals surface area contributed by atoms with Gasteiger partial charge in [-0.3, -0.25) is 4.79 Å². The second kappa shape index (κ2) is 30.3. The highest BCUT2D eigenvalue weighted by molar-refractivity contribution is 5.76. The molecule has 0 saturated heterocycles. The molecule has 0 spiro atoms. The van der Waals surface area contributed by atoms with Crippen molar-refractivity contribution in [2.24, 2.45) is 0 Å². The van der Waals surface area contributed by atoms with Gasteiger partial charge in [0.15, 0.2) is 0 Å². The van der Waals surface area contributed by atoms with Gasteiger partial charge in [-0.15, -0.1) is 0 Å². The molecule has 5 nitrogen and oxygen atoms in total. The fraction of sp³-hybridized carbons (Fsp3) is 0.971. The molecule has 39 heavy (non-hydrogen) atoms. The maximum absolute atomic E-state index is 12.3. The summed E-state index contributed by atoms with van der Waals surface area (Å²) in [6.07, 6.45) is 30.4. The minimum Gasteiger partial charge on any atom is -0.394 e. The molecular weight excluding hydrogens is 486 g/mol. The van der Waals surface area contributed by atoms with E-state index < -0.39 is 18.2 Å². The summed E-state index contributed by atoms with van der Waals surface area (Å²) < 4.78 is 0. The van der Waals surface area contributed by atoms with Gasteiger partial charge in [-0.1, -0.05) is 168 Å². The van der Waals surface area contributed by atoms with Gasteiger partial charge in [0.05, 0.1) is 18.8 Å². The lowest BCUT2D eigenvalue weighted by molar-refractivity contribution is -0.124. The highest BCUT2D eigenvalue weighted by atomic mass is 16.3. The molecule has 0 rings (SSSR count). The molecule has 0 aliphatic rings. The molecule has 0 heterocycles. The Bertz CT molecular complexity index is 502. The average molecular weight is 556 g/mol. The van der Waals surface area contributed by atoms with Crippen LogP contribution in [0.1, 0.15) is 187 Å². The van der Waals surface area contributed by atoms with E-state index >= 15 is 0 Å². The number of aliphatic hydroxyl groups excluding tert-OH is 3. The maximum atomic E-state index is 12.3. The van der Waals surface area contributed by atoms with Crippen LogP contribution in [0.2, 0.25) is 0 Å². The quantitative estimate of drug-likeness (QED) is 0.0644. The van der Waals surface area contributed by atoms with E-state index in [0.717, 1.165) is 38.5 Å². The van der Waals surface area contributed by atoms with Crippen molar-refractivity contribution in [3.05, 3.63) is 0 Å². The third-order valence-electron chi connectivity index (χ3n) is 8.21. The van der Waals surface area contributed by atoms with Crippen molar-refractivity contribution >= 4 is 5.91 Å². The zero-order valence-corrected chi connectivity index (χ0v) is 26.3. The molecule has 0 bridgehead atoms. The molecule has 0 saturated carbocycles. The fourth-order valence-electron chi connectivity index (χ4n) is 5.45. The lowest BCUT2D eigenvalue weighted by atomic mass is 9.99. The Balaban J connectivity index is 3.69. The van der Waals surface area contributed by atoms with Crippen LogP contribution in [0.5, 0.6) is 0 Å². The number of nitrogens with one attached hydrogen (secondary N) is 1. The van der Waals surface area contributed by atoms with Crippen molar-refractivity contribution in [2.45, 2.75) is 205 Å². The van der Waals surface area contributed by atoms with Crippen LogP contribution < -0.4 is 5.32 Å². The van der Waals surface area contributed by atoms with E-state index in [1.807, 2.05) is 0 Å². The Morgan fingerprint density at radius 1 is 0.538 bits per heavy atom. The highest BCUT2D eigenvalue weighted by Crippen LogP contribution is 2.16. The standard InChI is InChI=1S/C34H69NO4/c1-3-5-7-9-11-13-15-17-19-21-23-25-27-29-33(38)35-31(30-36)34(39)32(37)28-26-24-22-20-18-16-14-12-10-8-6-4-2/h31-32,34,36-37,39H,3-30H2,1-2H3,(H,35,38)/t31-,32+,34?/m0/s1. The number of unbranched alkanes of at least 4 members (excludes halogenated alkanes) is 23. The molecule has 3 atom stereocenters. The van der Waals surface area contributed by atoms with Gasteiger partial charge < -0.3 is 20.6 Å². The topological polar surface area (TPSA) is 89.8 Å². The Kier molecular flexibility index (Phi) is 29.8. The molecule has 5 heteroatoms. The first-order chi connectivity index (χ1) is 19.1. The monoisotopic (exact) mass is 556 g/mol. The Labute approximate surface area is 243 Å². The van der Waals surface area contributed by atoms with E-state index in [1.54, 1.807) is 0 Å². The van der Waals surface area contributed by atoms with Crippen LogP contribution in [0.3, 0.4) is 0 Å². The lowest BCUT2D eigenvalue weighted by Gasteiger charge is -2.26. The number of carbonyl (C=O) groups excluding carboxylic acids is 1. The first kappa shape index (κ1) is 38.4.